The third-order valence-corrected chi connectivity index (χ3v) is 4.92. The predicted octanol–water partition coefficient (Wildman–Crippen LogP) is 4.29. The number of carbonyl (C=O) groups excluding carboxylic acids is 1. The number of hydrogen-bond donors (Lipinski definition) is 1. The summed E-state index contributed by atoms with van der Waals surface area (Å²) in [5.74, 6) is -0.603. The van der Waals surface area contributed by atoms with Gasteiger partial charge in [-0.25, -0.2) is 4.98 Å². The Balaban J connectivity index is 2.08. The Labute approximate surface area is 165 Å². The Morgan fingerprint density at radius 2 is 1.62 bits per heavy atom. The molecule has 0 aliphatic heterocycles. The fourth-order valence-electron chi connectivity index (χ4n) is 3.00. The molecule has 0 aliphatic rings. The molecular formula is C21H20F3N3O2. The molecule has 3 rings (SSSR count). The van der Waals surface area contributed by atoms with E-state index in [0.717, 1.165) is 26.8 Å². The van der Waals surface area contributed by atoms with Gasteiger partial charge < -0.3 is 5.32 Å². The van der Waals surface area contributed by atoms with Crippen LogP contribution in [0.15, 0.2) is 35.1 Å². The first-order valence-electron chi connectivity index (χ1n) is 8.93. The molecule has 1 N–H and O–H groups in total. The first kappa shape index (κ1) is 20.6. The van der Waals surface area contributed by atoms with Gasteiger partial charge in [0, 0.05) is 5.69 Å². The first-order valence-corrected chi connectivity index (χ1v) is 8.93. The van der Waals surface area contributed by atoms with E-state index in [1.165, 1.54) is 6.07 Å². The van der Waals surface area contributed by atoms with Crippen LogP contribution in [0.25, 0.3) is 11.0 Å². The van der Waals surface area contributed by atoms with E-state index >= 15 is 0 Å². The van der Waals surface area contributed by atoms with E-state index in [9.17, 15) is 22.8 Å². The number of amides is 1. The van der Waals surface area contributed by atoms with E-state index in [0.29, 0.717) is 5.69 Å². The lowest BCUT2D eigenvalue weighted by atomic mass is 10.1. The molecule has 0 aliphatic carbocycles. The second kappa shape index (κ2) is 7.35. The zero-order valence-electron chi connectivity index (χ0n) is 16.4. The lowest BCUT2D eigenvalue weighted by Crippen LogP contribution is -2.34. The van der Waals surface area contributed by atoms with Crippen LogP contribution in [0.1, 0.15) is 27.9 Å². The molecule has 5 nitrogen and oxygen atoms in total. The van der Waals surface area contributed by atoms with Crippen molar-refractivity contribution < 1.29 is 18.0 Å². The SMILES string of the molecule is Cc1ccc(NC(=O)Cn2c(=O)c(C(F)(F)F)nc3cc(C)c(C)cc32)cc1C. The van der Waals surface area contributed by atoms with Crippen LogP contribution in [0.5, 0.6) is 0 Å². The highest BCUT2D eigenvalue weighted by molar-refractivity contribution is 5.91. The van der Waals surface area contributed by atoms with Crippen LogP contribution in [0, 0.1) is 27.7 Å². The highest BCUT2D eigenvalue weighted by atomic mass is 19.4. The third-order valence-electron chi connectivity index (χ3n) is 4.92. The lowest BCUT2D eigenvalue weighted by Gasteiger charge is -2.15. The summed E-state index contributed by atoms with van der Waals surface area (Å²) in [5.41, 5.74) is 1.34. The largest absolute Gasteiger partial charge is 0.438 e. The van der Waals surface area contributed by atoms with Gasteiger partial charge in [0.2, 0.25) is 11.6 Å². The number of halogens is 3. The van der Waals surface area contributed by atoms with Crippen molar-refractivity contribution in [3.8, 4) is 0 Å². The maximum atomic E-state index is 13.3. The van der Waals surface area contributed by atoms with Crippen molar-refractivity contribution in [2.24, 2.45) is 0 Å². The number of hydrogen-bond acceptors (Lipinski definition) is 3. The average Bonchev–Trinajstić information content (AvgIpc) is 2.61. The monoisotopic (exact) mass is 403 g/mol. The molecule has 0 saturated carbocycles. The standard InChI is InChI=1S/C21H20F3N3O2/c1-11-5-6-15(7-12(11)2)25-18(28)10-27-17-9-14(4)13(3)8-16(17)26-19(20(27)29)21(22,23)24/h5-9H,10H2,1-4H3,(H,25,28). The number of carbonyl (C=O) groups is 1. The number of aryl methyl sites for hydroxylation is 4. The normalized spacial score (nSPS) is 11.7. The minimum atomic E-state index is -4.92. The van der Waals surface area contributed by atoms with E-state index in [-0.39, 0.29) is 11.0 Å². The number of aromatic nitrogens is 2. The summed E-state index contributed by atoms with van der Waals surface area (Å²) in [6.45, 7) is 6.76. The summed E-state index contributed by atoms with van der Waals surface area (Å²) in [6, 6.07) is 8.34. The molecule has 1 aromatic heterocycles. The van der Waals surface area contributed by atoms with Gasteiger partial charge in [0.05, 0.1) is 11.0 Å². The number of benzene rings is 2. The van der Waals surface area contributed by atoms with E-state index < -0.39 is 29.9 Å². The van der Waals surface area contributed by atoms with E-state index in [1.54, 1.807) is 32.0 Å². The number of nitrogens with one attached hydrogen (secondary N) is 1. The fourth-order valence-corrected chi connectivity index (χ4v) is 3.00. The molecule has 0 fully saturated rings. The summed E-state index contributed by atoms with van der Waals surface area (Å²) in [4.78, 5) is 28.6. The van der Waals surface area contributed by atoms with Crippen molar-refractivity contribution in [3.05, 3.63) is 68.6 Å². The third kappa shape index (κ3) is 4.16. The van der Waals surface area contributed by atoms with Gasteiger partial charge in [-0.2, -0.15) is 13.2 Å². The molecular weight excluding hydrogens is 383 g/mol. The molecule has 3 aromatic rings. The van der Waals surface area contributed by atoms with Crippen LogP contribution in [-0.4, -0.2) is 15.5 Å². The second-order valence-electron chi connectivity index (χ2n) is 7.12. The highest BCUT2D eigenvalue weighted by Crippen LogP contribution is 2.27. The van der Waals surface area contributed by atoms with Crippen molar-refractivity contribution in [2.75, 3.05) is 5.32 Å². The first-order chi connectivity index (χ1) is 13.5. The molecule has 0 atom stereocenters. The molecule has 8 heteroatoms. The predicted molar refractivity (Wildman–Crippen MR) is 105 cm³/mol. The summed E-state index contributed by atoms with van der Waals surface area (Å²) < 4.78 is 40.8. The second-order valence-corrected chi connectivity index (χ2v) is 7.12. The Kier molecular flexibility index (Phi) is 5.21. The molecule has 0 saturated heterocycles. The number of fused-ring (bicyclic) bond motifs is 1. The van der Waals surface area contributed by atoms with E-state index in [4.69, 9.17) is 0 Å². The van der Waals surface area contributed by atoms with E-state index in [2.05, 4.69) is 10.3 Å². The number of rotatable bonds is 3. The van der Waals surface area contributed by atoms with Crippen molar-refractivity contribution in [1.82, 2.24) is 9.55 Å². The maximum Gasteiger partial charge on any atom is 0.438 e. The number of alkyl halides is 3. The highest BCUT2D eigenvalue weighted by Gasteiger charge is 2.37. The van der Waals surface area contributed by atoms with Crippen LogP contribution in [0.2, 0.25) is 0 Å². The summed E-state index contributed by atoms with van der Waals surface area (Å²) in [6.07, 6.45) is -4.92. The fraction of sp³-hybridized carbons (Fsp3) is 0.286. The van der Waals surface area contributed by atoms with Crippen LogP contribution < -0.4 is 10.9 Å². The van der Waals surface area contributed by atoms with Crippen LogP contribution in [-0.2, 0) is 17.5 Å². The summed E-state index contributed by atoms with van der Waals surface area (Å²) in [7, 11) is 0. The summed E-state index contributed by atoms with van der Waals surface area (Å²) >= 11 is 0. The average molecular weight is 403 g/mol. The Hall–Kier alpha value is -3.16. The molecule has 1 amide bonds. The molecule has 29 heavy (non-hydrogen) atoms. The molecule has 2 aromatic carbocycles. The topological polar surface area (TPSA) is 64.0 Å². The van der Waals surface area contributed by atoms with Gasteiger partial charge in [-0.05, 0) is 74.2 Å². The van der Waals surface area contributed by atoms with Crippen molar-refractivity contribution in [1.29, 1.82) is 0 Å². The molecule has 0 unspecified atom stereocenters. The van der Waals surface area contributed by atoms with Crippen LogP contribution >= 0.6 is 0 Å². The Morgan fingerprint density at radius 3 is 2.24 bits per heavy atom. The van der Waals surface area contributed by atoms with Gasteiger partial charge in [-0.15, -0.1) is 0 Å². The van der Waals surface area contributed by atoms with Gasteiger partial charge in [0.25, 0.3) is 5.56 Å². The van der Waals surface area contributed by atoms with Crippen molar-refractivity contribution in [2.45, 2.75) is 40.4 Å². The zero-order chi connectivity index (χ0) is 21.5. The molecule has 0 spiro atoms. The van der Waals surface area contributed by atoms with Crippen LogP contribution in [0.4, 0.5) is 18.9 Å². The summed E-state index contributed by atoms with van der Waals surface area (Å²) in [5, 5.41) is 2.63. The van der Waals surface area contributed by atoms with Crippen LogP contribution in [0.3, 0.4) is 0 Å². The molecule has 0 radical (unpaired) electrons. The lowest BCUT2D eigenvalue weighted by molar-refractivity contribution is -0.142. The molecule has 0 bridgehead atoms. The Morgan fingerprint density at radius 1 is 1.00 bits per heavy atom. The van der Waals surface area contributed by atoms with E-state index in [1.807, 2.05) is 19.9 Å². The quantitative estimate of drug-likeness (QED) is 0.710. The van der Waals surface area contributed by atoms with Gasteiger partial charge in [0.1, 0.15) is 6.54 Å². The molecule has 152 valence electrons. The van der Waals surface area contributed by atoms with Crippen molar-refractivity contribution in [3.63, 3.8) is 0 Å². The minimum Gasteiger partial charge on any atom is -0.325 e. The number of anilines is 1. The van der Waals surface area contributed by atoms with Gasteiger partial charge in [-0.1, -0.05) is 6.07 Å². The molecule has 1 heterocycles. The minimum absolute atomic E-state index is 0.0130. The Bertz CT molecular complexity index is 1180. The van der Waals surface area contributed by atoms with Gasteiger partial charge >= 0.3 is 6.18 Å². The van der Waals surface area contributed by atoms with Gasteiger partial charge in [-0.3, -0.25) is 14.2 Å². The van der Waals surface area contributed by atoms with Crippen molar-refractivity contribution >= 4 is 22.6 Å². The zero-order valence-corrected chi connectivity index (χ0v) is 16.4. The van der Waals surface area contributed by atoms with Gasteiger partial charge in [0.15, 0.2) is 0 Å². The smallest absolute Gasteiger partial charge is 0.325 e. The maximum absolute atomic E-state index is 13.3. The number of nitrogens with zero attached hydrogens (tertiary/aromatic N) is 2.